The molecular formula is C16H18F2O4. The van der Waals surface area contributed by atoms with E-state index < -0.39 is 11.9 Å². The molecule has 0 bridgehead atoms. The molecule has 1 unspecified atom stereocenters. The monoisotopic (exact) mass is 312 g/mol. The summed E-state index contributed by atoms with van der Waals surface area (Å²) in [5, 5.41) is 9.13. The van der Waals surface area contributed by atoms with Crippen LogP contribution < -0.4 is 9.47 Å². The highest BCUT2D eigenvalue weighted by molar-refractivity contribution is 5.69. The lowest BCUT2D eigenvalue weighted by atomic mass is 9.88. The van der Waals surface area contributed by atoms with Crippen LogP contribution in [-0.4, -0.2) is 24.3 Å². The zero-order chi connectivity index (χ0) is 15.9. The maximum absolute atomic E-state index is 13.7. The molecule has 1 atom stereocenters. The normalized spacial score (nSPS) is 18.9. The largest absolute Gasteiger partial charge is 0.486 e. The number of ether oxygens (including phenoxy) is 2. The number of halogens is 2. The third-order valence-corrected chi connectivity index (χ3v) is 4.16. The van der Waals surface area contributed by atoms with Crippen molar-refractivity contribution in [1.29, 1.82) is 0 Å². The van der Waals surface area contributed by atoms with E-state index in [2.05, 4.69) is 0 Å². The minimum atomic E-state index is -3.01. The lowest BCUT2D eigenvalue weighted by molar-refractivity contribution is -0.137. The maximum atomic E-state index is 13.7. The number of benzene rings is 1. The first-order chi connectivity index (χ1) is 10.4. The van der Waals surface area contributed by atoms with E-state index in [4.69, 9.17) is 14.6 Å². The smallest absolute Gasteiger partial charge is 0.303 e. The van der Waals surface area contributed by atoms with E-state index in [9.17, 15) is 13.6 Å². The third-order valence-electron chi connectivity index (χ3n) is 4.16. The van der Waals surface area contributed by atoms with Gasteiger partial charge in [0, 0.05) is 24.0 Å². The number of carbonyl (C=O) groups is 1. The van der Waals surface area contributed by atoms with E-state index >= 15 is 0 Å². The molecular weight excluding hydrogens is 294 g/mol. The van der Waals surface area contributed by atoms with E-state index in [0.29, 0.717) is 24.5 Å². The number of alkyl halides is 2. The minimum Gasteiger partial charge on any atom is -0.486 e. The van der Waals surface area contributed by atoms with Crippen LogP contribution in [0.15, 0.2) is 12.1 Å². The molecule has 1 aromatic rings. The summed E-state index contributed by atoms with van der Waals surface area (Å²) in [6, 6.07) is 2.68. The summed E-state index contributed by atoms with van der Waals surface area (Å²) in [5.74, 6) is -3.33. The second kappa shape index (κ2) is 5.41. The van der Waals surface area contributed by atoms with Crippen molar-refractivity contribution in [1.82, 2.24) is 0 Å². The Kier molecular flexibility index (Phi) is 3.70. The van der Waals surface area contributed by atoms with Crippen LogP contribution in [-0.2, 0) is 10.7 Å². The van der Waals surface area contributed by atoms with E-state index in [-0.39, 0.29) is 29.6 Å². The molecule has 6 heteroatoms. The van der Waals surface area contributed by atoms with Gasteiger partial charge in [-0.25, -0.2) is 8.78 Å². The summed E-state index contributed by atoms with van der Waals surface area (Å²) in [6.07, 6.45) is 1.75. The third kappa shape index (κ3) is 3.00. The summed E-state index contributed by atoms with van der Waals surface area (Å²) >= 11 is 0. The number of rotatable bonds is 5. The average molecular weight is 312 g/mol. The second-order valence-electron chi connectivity index (χ2n) is 6.02. The Labute approximate surface area is 127 Å². The number of fused-ring (bicyclic) bond motifs is 1. The summed E-state index contributed by atoms with van der Waals surface area (Å²) in [4.78, 5) is 11.1. The van der Waals surface area contributed by atoms with Crippen LogP contribution in [0, 0.1) is 5.92 Å². The molecule has 1 N–H and O–H groups in total. The standard InChI is InChI=1S/C16H18F2O4/c1-16(17,18)10-6-12(11(8-14(19)20)9-2-3-9)15-13(7-10)21-4-5-22-15/h6-7,9,11H,2-5,8H2,1H3,(H,19,20). The van der Waals surface area contributed by atoms with Gasteiger partial charge in [0.25, 0.3) is 5.92 Å². The van der Waals surface area contributed by atoms with Gasteiger partial charge in [-0.2, -0.15) is 0 Å². The quantitative estimate of drug-likeness (QED) is 0.903. The van der Waals surface area contributed by atoms with E-state index in [1.54, 1.807) is 0 Å². The molecule has 1 fully saturated rings. The zero-order valence-electron chi connectivity index (χ0n) is 12.3. The van der Waals surface area contributed by atoms with Crippen LogP contribution in [0.4, 0.5) is 8.78 Å². The van der Waals surface area contributed by atoms with Crippen molar-refractivity contribution in [2.45, 2.75) is 38.0 Å². The van der Waals surface area contributed by atoms with Gasteiger partial charge in [-0.1, -0.05) is 0 Å². The zero-order valence-corrected chi connectivity index (χ0v) is 12.3. The first kappa shape index (κ1) is 15.1. The number of carboxylic acid groups (broad SMARTS) is 1. The Balaban J connectivity index is 2.08. The highest BCUT2D eigenvalue weighted by Gasteiger charge is 2.38. The van der Waals surface area contributed by atoms with Crippen LogP contribution in [0.25, 0.3) is 0 Å². The van der Waals surface area contributed by atoms with Crippen molar-refractivity contribution in [2.75, 3.05) is 13.2 Å². The van der Waals surface area contributed by atoms with Crippen LogP contribution in [0.2, 0.25) is 0 Å². The summed E-state index contributed by atoms with van der Waals surface area (Å²) in [7, 11) is 0. The van der Waals surface area contributed by atoms with E-state index in [0.717, 1.165) is 19.8 Å². The Bertz CT molecular complexity index is 591. The molecule has 1 aliphatic heterocycles. The Morgan fingerprint density at radius 3 is 2.64 bits per heavy atom. The van der Waals surface area contributed by atoms with Crippen molar-refractivity contribution < 1.29 is 28.2 Å². The minimum absolute atomic E-state index is 0.0841. The molecule has 1 aliphatic carbocycles. The average Bonchev–Trinajstić information content (AvgIpc) is 3.27. The van der Waals surface area contributed by atoms with Gasteiger partial charge < -0.3 is 14.6 Å². The number of aliphatic carboxylic acids is 1. The molecule has 2 aliphatic rings. The molecule has 0 aromatic heterocycles. The summed E-state index contributed by atoms with van der Waals surface area (Å²) in [5.41, 5.74) is 0.376. The molecule has 4 nitrogen and oxygen atoms in total. The molecule has 3 rings (SSSR count). The molecule has 1 saturated carbocycles. The van der Waals surface area contributed by atoms with Crippen molar-refractivity contribution in [3.05, 3.63) is 23.3 Å². The van der Waals surface area contributed by atoms with Gasteiger partial charge in [-0.05, 0) is 30.9 Å². The van der Waals surface area contributed by atoms with Crippen molar-refractivity contribution in [3.63, 3.8) is 0 Å². The van der Waals surface area contributed by atoms with Gasteiger partial charge >= 0.3 is 5.97 Å². The van der Waals surface area contributed by atoms with Crippen molar-refractivity contribution >= 4 is 5.97 Å². The molecule has 0 radical (unpaired) electrons. The fourth-order valence-electron chi connectivity index (χ4n) is 2.93. The predicted octanol–water partition coefficient (Wildman–Crippen LogP) is 3.54. The lowest BCUT2D eigenvalue weighted by Crippen LogP contribution is -2.20. The van der Waals surface area contributed by atoms with Crippen LogP contribution in [0.1, 0.15) is 43.2 Å². The number of hydrogen-bond acceptors (Lipinski definition) is 3. The molecule has 120 valence electrons. The molecule has 0 saturated heterocycles. The lowest BCUT2D eigenvalue weighted by Gasteiger charge is -2.27. The molecule has 0 amide bonds. The fraction of sp³-hybridized carbons (Fsp3) is 0.562. The van der Waals surface area contributed by atoms with Gasteiger partial charge in [0.1, 0.15) is 13.2 Å². The number of hydrogen-bond donors (Lipinski definition) is 1. The first-order valence-electron chi connectivity index (χ1n) is 7.40. The van der Waals surface area contributed by atoms with Gasteiger partial charge in [0.2, 0.25) is 0 Å². The Morgan fingerprint density at radius 1 is 1.36 bits per heavy atom. The topological polar surface area (TPSA) is 55.8 Å². The SMILES string of the molecule is CC(F)(F)c1cc2c(c(C(CC(=O)O)C3CC3)c1)OCCO2. The molecule has 1 heterocycles. The van der Waals surface area contributed by atoms with E-state index in [1.807, 2.05) is 0 Å². The molecule has 22 heavy (non-hydrogen) atoms. The van der Waals surface area contributed by atoms with Crippen molar-refractivity contribution in [3.8, 4) is 11.5 Å². The summed E-state index contributed by atoms with van der Waals surface area (Å²) < 4.78 is 38.5. The molecule has 1 aromatic carbocycles. The second-order valence-corrected chi connectivity index (χ2v) is 6.02. The molecule has 0 spiro atoms. The maximum Gasteiger partial charge on any atom is 0.303 e. The van der Waals surface area contributed by atoms with Crippen LogP contribution >= 0.6 is 0 Å². The van der Waals surface area contributed by atoms with E-state index in [1.165, 1.54) is 12.1 Å². The van der Waals surface area contributed by atoms with Gasteiger partial charge in [-0.15, -0.1) is 0 Å². The predicted molar refractivity (Wildman–Crippen MR) is 74.7 cm³/mol. The Morgan fingerprint density at radius 2 is 2.05 bits per heavy atom. The van der Waals surface area contributed by atoms with Gasteiger partial charge in [0.05, 0.1) is 6.42 Å². The Hall–Kier alpha value is -1.85. The summed E-state index contributed by atoms with van der Waals surface area (Å²) in [6.45, 7) is 1.47. The number of carboxylic acids is 1. The fourth-order valence-corrected chi connectivity index (χ4v) is 2.93. The highest BCUT2D eigenvalue weighted by Crippen LogP contribution is 2.51. The van der Waals surface area contributed by atoms with Crippen LogP contribution in [0.3, 0.4) is 0 Å². The van der Waals surface area contributed by atoms with Crippen LogP contribution in [0.5, 0.6) is 11.5 Å². The first-order valence-corrected chi connectivity index (χ1v) is 7.40. The van der Waals surface area contributed by atoms with Gasteiger partial charge in [-0.3, -0.25) is 4.79 Å². The highest BCUT2D eigenvalue weighted by atomic mass is 19.3. The van der Waals surface area contributed by atoms with Gasteiger partial charge in [0.15, 0.2) is 11.5 Å². The van der Waals surface area contributed by atoms with Crippen molar-refractivity contribution in [2.24, 2.45) is 5.92 Å².